The van der Waals surface area contributed by atoms with Crippen LogP contribution in [0, 0.1) is 26.7 Å². The lowest BCUT2D eigenvalue weighted by Gasteiger charge is -2.09. The highest BCUT2D eigenvalue weighted by Gasteiger charge is 2.31. The summed E-state index contributed by atoms with van der Waals surface area (Å²) in [7, 11) is 0. The molecule has 0 amide bonds. The third-order valence-corrected chi connectivity index (χ3v) is 3.94. The number of hydrogen-bond acceptors (Lipinski definition) is 7. The fourth-order valence-electron chi connectivity index (χ4n) is 2.58. The summed E-state index contributed by atoms with van der Waals surface area (Å²) in [6.45, 7) is 4.18. The molecule has 0 aliphatic rings. The van der Waals surface area contributed by atoms with Crippen LogP contribution < -0.4 is 15.4 Å². The number of alkyl halides is 3. The molecule has 3 aromatic rings. The highest BCUT2D eigenvalue weighted by atomic mass is 19.4. The van der Waals surface area contributed by atoms with Gasteiger partial charge in [0.2, 0.25) is 5.95 Å². The molecular weight excluding hydrogens is 435 g/mol. The van der Waals surface area contributed by atoms with E-state index in [2.05, 4.69) is 43.5 Å². The Morgan fingerprint density at radius 1 is 1.18 bits per heavy atom. The molecule has 8 nitrogen and oxygen atoms in total. The highest BCUT2D eigenvalue weighted by Crippen LogP contribution is 2.26. The molecule has 2 N–H and O–H groups in total. The van der Waals surface area contributed by atoms with E-state index in [1.54, 1.807) is 43.5 Å². The Morgan fingerprint density at radius 3 is 2.61 bits per heavy atom. The zero-order valence-corrected chi connectivity index (χ0v) is 18.3. The highest BCUT2D eigenvalue weighted by molar-refractivity contribution is 5.38. The van der Waals surface area contributed by atoms with E-state index in [0.717, 1.165) is 11.3 Å². The van der Waals surface area contributed by atoms with Crippen molar-refractivity contribution in [3.63, 3.8) is 0 Å². The summed E-state index contributed by atoms with van der Waals surface area (Å²) in [6.07, 6.45) is 8.39. The van der Waals surface area contributed by atoms with Gasteiger partial charge in [-0.3, -0.25) is 0 Å². The van der Waals surface area contributed by atoms with E-state index < -0.39 is 12.7 Å². The van der Waals surface area contributed by atoms with Gasteiger partial charge >= 0.3 is 12.2 Å². The van der Waals surface area contributed by atoms with Gasteiger partial charge in [-0.1, -0.05) is 12.1 Å². The van der Waals surface area contributed by atoms with E-state index in [1.165, 1.54) is 6.33 Å². The second kappa shape index (κ2) is 11.5. The molecule has 0 radical (unpaired) electrons. The normalized spacial score (nSPS) is 12.0. The third-order valence-electron chi connectivity index (χ3n) is 3.94. The first-order valence-electron chi connectivity index (χ1n) is 9.76. The molecular formula is C22H24F3N7O. The summed E-state index contributed by atoms with van der Waals surface area (Å²) in [5, 5.41) is 9.84. The van der Waals surface area contributed by atoms with E-state index in [-0.39, 0.29) is 18.0 Å². The fraction of sp³-hybridized carbons (Fsp3) is 0.273. The molecule has 1 atom stereocenters. The van der Waals surface area contributed by atoms with Crippen LogP contribution in [-0.2, 0) is 6.54 Å². The molecule has 0 fully saturated rings. The first kappa shape index (κ1) is 25.2. The van der Waals surface area contributed by atoms with Gasteiger partial charge in [-0.05, 0) is 44.5 Å². The Labute approximate surface area is 189 Å². The van der Waals surface area contributed by atoms with Crippen molar-refractivity contribution in [1.29, 1.82) is 0 Å². The van der Waals surface area contributed by atoms with Crippen molar-refractivity contribution in [3.05, 3.63) is 60.2 Å². The molecule has 2 aromatic heterocycles. The van der Waals surface area contributed by atoms with E-state index in [0.29, 0.717) is 16.2 Å². The smallest absolute Gasteiger partial charge is 0.408 e. The van der Waals surface area contributed by atoms with Crippen molar-refractivity contribution < 1.29 is 17.9 Å². The number of nitrogens with zero attached hydrogens (tertiary/aromatic N) is 5. The molecule has 2 heterocycles. The number of halogens is 3. The van der Waals surface area contributed by atoms with Gasteiger partial charge in [-0.2, -0.15) is 18.2 Å². The average molecular weight is 459 g/mol. The minimum atomic E-state index is -4.47. The first-order chi connectivity index (χ1) is 15.7. The van der Waals surface area contributed by atoms with Gasteiger partial charge < -0.3 is 15.4 Å². The van der Waals surface area contributed by atoms with Gasteiger partial charge in [0.15, 0.2) is 0 Å². The number of rotatable bonds is 8. The lowest BCUT2D eigenvalue weighted by Crippen LogP contribution is -2.19. The minimum absolute atomic E-state index is 0.0157. The maximum absolute atomic E-state index is 13.0. The van der Waals surface area contributed by atoms with E-state index in [4.69, 9.17) is 4.74 Å². The summed E-state index contributed by atoms with van der Waals surface area (Å²) in [5.74, 6) is 1.01. The number of anilines is 2. The number of aromatic nitrogens is 5. The number of benzene rings is 1. The summed E-state index contributed by atoms with van der Waals surface area (Å²) < 4.78 is 45.1. The second-order valence-corrected chi connectivity index (χ2v) is 6.89. The quantitative estimate of drug-likeness (QED) is 0.471. The zero-order valence-electron chi connectivity index (χ0n) is 18.3. The predicted octanol–water partition coefficient (Wildman–Crippen LogP) is 4.72. The van der Waals surface area contributed by atoms with Crippen molar-refractivity contribution in [2.75, 3.05) is 10.6 Å². The molecule has 33 heavy (non-hydrogen) atoms. The van der Waals surface area contributed by atoms with Crippen LogP contribution in [0.2, 0.25) is 0 Å². The molecule has 0 aliphatic heterocycles. The van der Waals surface area contributed by atoms with E-state index in [9.17, 15) is 13.2 Å². The van der Waals surface area contributed by atoms with Crippen LogP contribution in [0.5, 0.6) is 11.8 Å². The standard InChI is InChI=1S/C20H22F3N7O.C2H2/c1-13-5-4-6-16(9-13)31-19-28-18(29-30(19)11-20(21,22)23)27-14(2)7-8-24-17-10-15(3)25-12-26-17;1-2/h4-10,12,14H,11H2,1-3H3,(H,27,29)(H,24,25,26);1-2H/b8-7+;. The Bertz CT molecular complexity index is 1090. The monoisotopic (exact) mass is 459 g/mol. The summed E-state index contributed by atoms with van der Waals surface area (Å²) in [4.78, 5) is 12.2. The molecule has 1 unspecified atom stereocenters. The topological polar surface area (TPSA) is 89.8 Å². The Kier molecular flexibility index (Phi) is 8.80. The molecule has 0 spiro atoms. The molecule has 174 valence electrons. The van der Waals surface area contributed by atoms with Gasteiger partial charge in [-0.15, -0.1) is 17.9 Å². The van der Waals surface area contributed by atoms with Crippen LogP contribution in [-0.4, -0.2) is 37.0 Å². The predicted molar refractivity (Wildman–Crippen MR) is 120 cm³/mol. The van der Waals surface area contributed by atoms with Gasteiger partial charge in [0, 0.05) is 24.0 Å². The summed E-state index contributed by atoms with van der Waals surface area (Å²) in [5.41, 5.74) is 1.72. The van der Waals surface area contributed by atoms with Gasteiger partial charge in [0.05, 0.1) is 0 Å². The number of hydrogen-bond donors (Lipinski definition) is 2. The second-order valence-electron chi connectivity index (χ2n) is 6.89. The van der Waals surface area contributed by atoms with Crippen LogP contribution in [0.1, 0.15) is 18.2 Å². The van der Waals surface area contributed by atoms with Crippen LogP contribution in [0.4, 0.5) is 24.9 Å². The molecule has 1 aromatic carbocycles. The average Bonchev–Trinajstić information content (AvgIpc) is 3.08. The number of nitrogens with one attached hydrogen (secondary N) is 2. The van der Waals surface area contributed by atoms with Crippen molar-refractivity contribution in [1.82, 2.24) is 24.7 Å². The maximum atomic E-state index is 13.0. The fourth-order valence-corrected chi connectivity index (χ4v) is 2.58. The molecule has 0 aliphatic carbocycles. The number of terminal acetylenes is 1. The molecule has 3 rings (SSSR count). The summed E-state index contributed by atoms with van der Waals surface area (Å²) >= 11 is 0. The molecule has 0 bridgehead atoms. The molecule has 0 saturated heterocycles. The summed E-state index contributed by atoms with van der Waals surface area (Å²) in [6, 6.07) is 8.17. The Balaban J connectivity index is 0.00000187. The van der Waals surface area contributed by atoms with Crippen LogP contribution in [0.25, 0.3) is 0 Å². The lowest BCUT2D eigenvalue weighted by molar-refractivity contribution is -0.143. The minimum Gasteiger partial charge on any atom is -0.424 e. The lowest BCUT2D eigenvalue weighted by atomic mass is 10.2. The van der Waals surface area contributed by atoms with Crippen LogP contribution in [0.15, 0.2) is 48.9 Å². The Morgan fingerprint density at radius 2 is 1.94 bits per heavy atom. The van der Waals surface area contributed by atoms with Crippen molar-refractivity contribution in [2.24, 2.45) is 0 Å². The van der Waals surface area contributed by atoms with Gasteiger partial charge in [0.25, 0.3) is 0 Å². The first-order valence-corrected chi connectivity index (χ1v) is 9.76. The zero-order chi connectivity index (χ0) is 24.4. The Hall–Kier alpha value is -4.07. The molecule has 11 heteroatoms. The van der Waals surface area contributed by atoms with E-state index in [1.807, 2.05) is 19.9 Å². The SMILES string of the molecule is C#C.Cc1cccc(Oc2nc(NC(C)/C=C/Nc3cc(C)ncn3)nn2CC(F)(F)F)c1. The van der Waals surface area contributed by atoms with Crippen molar-refractivity contribution >= 4 is 11.8 Å². The van der Waals surface area contributed by atoms with Crippen molar-refractivity contribution in [2.45, 2.75) is 39.5 Å². The maximum Gasteiger partial charge on any atom is 0.408 e. The number of ether oxygens (including phenoxy) is 1. The largest absolute Gasteiger partial charge is 0.424 e. The van der Waals surface area contributed by atoms with Crippen molar-refractivity contribution in [3.8, 4) is 24.6 Å². The van der Waals surface area contributed by atoms with E-state index >= 15 is 0 Å². The van der Waals surface area contributed by atoms with Crippen LogP contribution in [0.3, 0.4) is 0 Å². The number of aryl methyl sites for hydroxylation is 2. The van der Waals surface area contributed by atoms with Crippen LogP contribution >= 0.6 is 0 Å². The van der Waals surface area contributed by atoms with Gasteiger partial charge in [0.1, 0.15) is 24.4 Å². The van der Waals surface area contributed by atoms with Gasteiger partial charge in [-0.25, -0.2) is 14.6 Å². The third kappa shape index (κ3) is 8.53. The molecule has 0 saturated carbocycles.